The Bertz CT molecular complexity index is 669. The third-order valence-electron chi connectivity index (χ3n) is 4.58. The maximum Gasteiger partial charge on any atom is 0.336 e. The topological polar surface area (TPSA) is 45.5 Å². The predicted octanol–water partition coefficient (Wildman–Crippen LogP) is 3.39. The molecule has 1 saturated heterocycles. The van der Waals surface area contributed by atoms with Crippen LogP contribution in [-0.4, -0.2) is 40.2 Å². The molecule has 1 aliphatic heterocycles. The van der Waals surface area contributed by atoms with Gasteiger partial charge >= 0.3 is 5.97 Å². The summed E-state index contributed by atoms with van der Waals surface area (Å²) >= 11 is 0. The molecule has 1 fully saturated rings. The average molecular weight is 300 g/mol. The highest BCUT2D eigenvalue weighted by molar-refractivity contribution is 6.04. The minimum atomic E-state index is -0.831. The van der Waals surface area contributed by atoms with Gasteiger partial charge in [0.1, 0.15) is 0 Å². The maximum atomic E-state index is 11.6. The normalized spacial score (nSPS) is 15.7. The first-order chi connectivity index (χ1) is 10.7. The van der Waals surface area contributed by atoms with Crippen molar-refractivity contribution in [1.82, 2.24) is 9.47 Å². The van der Waals surface area contributed by atoms with E-state index in [1.165, 1.54) is 31.5 Å². The Balaban J connectivity index is 1.97. The Morgan fingerprint density at radius 2 is 2.00 bits per heavy atom. The van der Waals surface area contributed by atoms with Gasteiger partial charge in [-0.1, -0.05) is 13.0 Å². The number of benzene rings is 1. The van der Waals surface area contributed by atoms with Crippen LogP contribution in [0.3, 0.4) is 0 Å². The van der Waals surface area contributed by atoms with E-state index in [9.17, 15) is 9.90 Å². The molecule has 22 heavy (non-hydrogen) atoms. The van der Waals surface area contributed by atoms with E-state index in [4.69, 9.17) is 0 Å². The molecular weight excluding hydrogens is 276 g/mol. The summed E-state index contributed by atoms with van der Waals surface area (Å²) in [6, 6.07) is 5.61. The van der Waals surface area contributed by atoms with Crippen molar-refractivity contribution in [1.29, 1.82) is 0 Å². The number of fused-ring (bicyclic) bond motifs is 1. The van der Waals surface area contributed by atoms with Gasteiger partial charge < -0.3 is 14.6 Å². The van der Waals surface area contributed by atoms with Crippen LogP contribution in [0.5, 0.6) is 0 Å². The smallest absolute Gasteiger partial charge is 0.336 e. The minimum Gasteiger partial charge on any atom is -0.478 e. The molecular formula is C18H24N2O2. The van der Waals surface area contributed by atoms with Gasteiger partial charge in [-0.3, -0.25) is 0 Å². The lowest BCUT2D eigenvalue weighted by molar-refractivity contribution is 0.0699. The molecule has 4 heteroatoms. The van der Waals surface area contributed by atoms with Crippen molar-refractivity contribution < 1.29 is 9.90 Å². The summed E-state index contributed by atoms with van der Waals surface area (Å²) in [7, 11) is 0. The molecule has 0 saturated carbocycles. The molecule has 0 spiro atoms. The van der Waals surface area contributed by atoms with Crippen molar-refractivity contribution in [2.45, 2.75) is 39.2 Å². The molecule has 0 bridgehead atoms. The number of carboxylic acids is 1. The number of aryl methyl sites for hydroxylation is 1. The van der Waals surface area contributed by atoms with E-state index >= 15 is 0 Å². The first kappa shape index (κ1) is 15.1. The molecule has 0 aliphatic carbocycles. The van der Waals surface area contributed by atoms with Gasteiger partial charge in [0.15, 0.2) is 0 Å². The molecule has 118 valence electrons. The molecule has 0 unspecified atom stereocenters. The Morgan fingerprint density at radius 1 is 1.23 bits per heavy atom. The lowest BCUT2D eigenvalue weighted by Crippen LogP contribution is -2.21. The van der Waals surface area contributed by atoms with Crippen molar-refractivity contribution >= 4 is 16.9 Å². The van der Waals surface area contributed by atoms with Gasteiger partial charge in [-0.25, -0.2) is 4.79 Å². The van der Waals surface area contributed by atoms with Crippen LogP contribution in [0.15, 0.2) is 24.4 Å². The van der Waals surface area contributed by atoms with Crippen LogP contribution in [0.2, 0.25) is 0 Å². The summed E-state index contributed by atoms with van der Waals surface area (Å²) in [5, 5.41) is 10.4. The fourth-order valence-corrected chi connectivity index (χ4v) is 3.52. The maximum absolute atomic E-state index is 11.6. The van der Waals surface area contributed by atoms with E-state index < -0.39 is 5.97 Å². The fourth-order valence-electron chi connectivity index (χ4n) is 3.52. The molecule has 3 rings (SSSR count). The number of hydrogen-bond donors (Lipinski definition) is 1. The molecule has 0 amide bonds. The first-order valence-electron chi connectivity index (χ1n) is 8.27. The molecule has 0 radical (unpaired) electrons. The van der Waals surface area contributed by atoms with Crippen molar-refractivity contribution in [2.75, 3.05) is 19.6 Å². The standard InChI is InChI=1S/C18H24N2O2/c1-2-9-20-13-14(8-12-19-10-3-4-11-19)17-15(18(21)22)6-5-7-16(17)20/h5-7,13H,2-4,8-12H2,1H3,(H,21,22). The van der Waals surface area contributed by atoms with Crippen molar-refractivity contribution in [3.63, 3.8) is 0 Å². The van der Waals surface area contributed by atoms with Crippen molar-refractivity contribution in [3.05, 3.63) is 35.5 Å². The van der Waals surface area contributed by atoms with Crippen LogP contribution < -0.4 is 0 Å². The summed E-state index contributed by atoms with van der Waals surface area (Å²) in [5.74, 6) is -0.831. The second-order valence-electron chi connectivity index (χ2n) is 6.15. The van der Waals surface area contributed by atoms with Gasteiger partial charge in [0.05, 0.1) is 5.56 Å². The Morgan fingerprint density at radius 3 is 2.68 bits per heavy atom. The summed E-state index contributed by atoms with van der Waals surface area (Å²) < 4.78 is 2.21. The van der Waals surface area contributed by atoms with E-state index in [1.54, 1.807) is 6.07 Å². The number of carbonyl (C=O) groups is 1. The van der Waals surface area contributed by atoms with Gasteiger partial charge in [-0.15, -0.1) is 0 Å². The fraction of sp³-hybridized carbons (Fsp3) is 0.500. The molecule has 0 atom stereocenters. The van der Waals surface area contributed by atoms with Crippen LogP contribution in [-0.2, 0) is 13.0 Å². The van der Waals surface area contributed by atoms with Crippen LogP contribution in [0, 0.1) is 0 Å². The minimum absolute atomic E-state index is 0.434. The summed E-state index contributed by atoms with van der Waals surface area (Å²) in [5.41, 5.74) is 2.66. The zero-order valence-electron chi connectivity index (χ0n) is 13.2. The van der Waals surface area contributed by atoms with Gasteiger partial charge in [0, 0.05) is 30.2 Å². The molecule has 2 aromatic rings. The van der Waals surface area contributed by atoms with Gasteiger partial charge in [-0.2, -0.15) is 0 Å². The highest BCUT2D eigenvalue weighted by atomic mass is 16.4. The van der Waals surface area contributed by atoms with E-state index in [-0.39, 0.29) is 0 Å². The second kappa shape index (κ2) is 6.53. The molecule has 2 heterocycles. The second-order valence-corrected chi connectivity index (χ2v) is 6.15. The highest BCUT2D eigenvalue weighted by Crippen LogP contribution is 2.27. The van der Waals surface area contributed by atoms with E-state index in [0.29, 0.717) is 5.56 Å². The predicted molar refractivity (Wildman–Crippen MR) is 88.6 cm³/mol. The quantitative estimate of drug-likeness (QED) is 0.889. The summed E-state index contributed by atoms with van der Waals surface area (Å²) in [6.45, 7) is 6.47. The number of aromatic nitrogens is 1. The van der Waals surface area contributed by atoms with Crippen LogP contribution in [0.4, 0.5) is 0 Å². The Hall–Kier alpha value is -1.81. The number of carboxylic acid groups (broad SMARTS) is 1. The molecule has 1 N–H and O–H groups in total. The van der Waals surface area contributed by atoms with Crippen molar-refractivity contribution in [2.24, 2.45) is 0 Å². The van der Waals surface area contributed by atoms with E-state index in [2.05, 4.69) is 22.6 Å². The summed E-state index contributed by atoms with van der Waals surface area (Å²) in [4.78, 5) is 14.1. The number of likely N-dealkylation sites (tertiary alicyclic amines) is 1. The third kappa shape index (κ3) is 2.88. The average Bonchev–Trinajstić information content (AvgIpc) is 3.13. The zero-order chi connectivity index (χ0) is 15.5. The van der Waals surface area contributed by atoms with Crippen LogP contribution >= 0.6 is 0 Å². The number of hydrogen-bond acceptors (Lipinski definition) is 2. The highest BCUT2D eigenvalue weighted by Gasteiger charge is 2.17. The summed E-state index contributed by atoms with van der Waals surface area (Å²) in [6.07, 6.45) is 6.72. The largest absolute Gasteiger partial charge is 0.478 e. The number of rotatable bonds is 6. The molecule has 1 aromatic carbocycles. The zero-order valence-corrected chi connectivity index (χ0v) is 13.2. The molecule has 1 aromatic heterocycles. The van der Waals surface area contributed by atoms with Gasteiger partial charge in [-0.05, 0) is 56.5 Å². The first-order valence-corrected chi connectivity index (χ1v) is 8.27. The van der Waals surface area contributed by atoms with Crippen LogP contribution in [0.1, 0.15) is 42.1 Å². The lowest BCUT2D eigenvalue weighted by Gasteiger charge is -2.13. The SMILES string of the molecule is CCCn1cc(CCN2CCCC2)c2c(C(=O)O)cccc21. The molecule has 4 nitrogen and oxygen atoms in total. The Labute approximate surface area is 131 Å². The lowest BCUT2D eigenvalue weighted by atomic mass is 10.0. The Kier molecular flexibility index (Phi) is 4.48. The van der Waals surface area contributed by atoms with Crippen LogP contribution in [0.25, 0.3) is 10.9 Å². The monoisotopic (exact) mass is 300 g/mol. The van der Waals surface area contributed by atoms with Gasteiger partial charge in [0.25, 0.3) is 0 Å². The van der Waals surface area contributed by atoms with E-state index in [1.807, 2.05) is 12.1 Å². The molecule has 1 aliphatic rings. The van der Waals surface area contributed by atoms with Gasteiger partial charge in [0.2, 0.25) is 0 Å². The third-order valence-corrected chi connectivity index (χ3v) is 4.58. The van der Waals surface area contributed by atoms with Crippen molar-refractivity contribution in [3.8, 4) is 0 Å². The number of nitrogens with zero attached hydrogens (tertiary/aromatic N) is 2. The van der Waals surface area contributed by atoms with E-state index in [0.717, 1.165) is 36.8 Å². The number of aromatic carboxylic acids is 1.